The van der Waals surface area contributed by atoms with Crippen LogP contribution in [0.5, 0.6) is 0 Å². The molecule has 4 aromatic carbocycles. The lowest BCUT2D eigenvalue weighted by Crippen LogP contribution is -2.31. The summed E-state index contributed by atoms with van der Waals surface area (Å²) in [4.78, 5) is 12.3. The van der Waals surface area contributed by atoms with Crippen LogP contribution in [0.25, 0.3) is 11.1 Å². The highest BCUT2D eigenvalue weighted by molar-refractivity contribution is 7.80. The Morgan fingerprint density at radius 1 is 0.800 bits per heavy atom. The third kappa shape index (κ3) is 6.11. The van der Waals surface area contributed by atoms with Crippen molar-refractivity contribution in [3.05, 3.63) is 120 Å². The second-order valence-corrected chi connectivity index (χ2v) is 8.69. The van der Waals surface area contributed by atoms with Gasteiger partial charge >= 0.3 is 0 Å². The fraction of sp³-hybridized carbons (Fsp3) is 0.103. The molecular weight excluding hydrogens is 457 g/mol. The van der Waals surface area contributed by atoms with Gasteiger partial charge in [-0.15, -0.1) is 0 Å². The molecule has 4 rings (SSSR count). The SMILES string of the molecule is Cc1ccc(-c2ccccc2[C@@H](C)NC(=S)Nc2ccc(NC(=O)c3ccccc3F)cc2)cc1. The molecule has 0 fully saturated rings. The van der Waals surface area contributed by atoms with Gasteiger partial charge in [0.25, 0.3) is 5.91 Å². The van der Waals surface area contributed by atoms with Crippen LogP contribution in [0, 0.1) is 12.7 Å². The molecule has 0 aromatic heterocycles. The zero-order chi connectivity index (χ0) is 24.8. The number of benzene rings is 4. The summed E-state index contributed by atoms with van der Waals surface area (Å²) in [5.74, 6) is -1.06. The van der Waals surface area contributed by atoms with Gasteiger partial charge in [-0.2, -0.15) is 0 Å². The highest BCUT2D eigenvalue weighted by atomic mass is 32.1. The van der Waals surface area contributed by atoms with Gasteiger partial charge in [0.1, 0.15) is 5.82 Å². The summed E-state index contributed by atoms with van der Waals surface area (Å²) in [6.07, 6.45) is 0. The average Bonchev–Trinajstić information content (AvgIpc) is 2.86. The monoisotopic (exact) mass is 483 g/mol. The van der Waals surface area contributed by atoms with E-state index in [4.69, 9.17) is 12.2 Å². The molecule has 0 aliphatic heterocycles. The number of hydrogen-bond donors (Lipinski definition) is 3. The van der Waals surface area contributed by atoms with E-state index < -0.39 is 11.7 Å². The first-order chi connectivity index (χ1) is 16.9. The molecule has 0 bridgehead atoms. The maximum absolute atomic E-state index is 13.8. The fourth-order valence-corrected chi connectivity index (χ4v) is 4.09. The summed E-state index contributed by atoms with van der Waals surface area (Å²) in [7, 11) is 0. The Morgan fingerprint density at radius 2 is 1.40 bits per heavy atom. The molecule has 0 aliphatic carbocycles. The number of amides is 1. The van der Waals surface area contributed by atoms with E-state index in [0.29, 0.717) is 10.8 Å². The Labute approximate surface area is 210 Å². The molecule has 4 aromatic rings. The van der Waals surface area contributed by atoms with Gasteiger partial charge in [-0.3, -0.25) is 4.79 Å². The lowest BCUT2D eigenvalue weighted by atomic mass is 9.95. The van der Waals surface area contributed by atoms with Crippen LogP contribution in [0.15, 0.2) is 97.1 Å². The molecule has 35 heavy (non-hydrogen) atoms. The second kappa shape index (κ2) is 10.9. The largest absolute Gasteiger partial charge is 0.356 e. The van der Waals surface area contributed by atoms with Crippen LogP contribution in [0.2, 0.25) is 0 Å². The molecule has 1 atom stereocenters. The predicted octanol–water partition coefficient (Wildman–Crippen LogP) is 7.10. The summed E-state index contributed by atoms with van der Waals surface area (Å²) in [5, 5.41) is 9.72. The topological polar surface area (TPSA) is 53.2 Å². The fourth-order valence-electron chi connectivity index (χ4n) is 3.79. The normalized spacial score (nSPS) is 11.4. The zero-order valence-electron chi connectivity index (χ0n) is 19.5. The van der Waals surface area contributed by atoms with E-state index in [1.54, 1.807) is 36.4 Å². The zero-order valence-corrected chi connectivity index (χ0v) is 20.3. The number of rotatable bonds is 6. The van der Waals surface area contributed by atoms with Gasteiger partial charge in [0, 0.05) is 11.4 Å². The van der Waals surface area contributed by atoms with Crippen molar-refractivity contribution in [2.24, 2.45) is 0 Å². The van der Waals surface area contributed by atoms with E-state index >= 15 is 0 Å². The maximum Gasteiger partial charge on any atom is 0.258 e. The number of carbonyl (C=O) groups is 1. The van der Waals surface area contributed by atoms with Gasteiger partial charge in [-0.05, 0) is 79.2 Å². The third-order valence-corrected chi connectivity index (χ3v) is 5.88. The summed E-state index contributed by atoms with van der Waals surface area (Å²) in [6, 6.07) is 29.7. The first-order valence-electron chi connectivity index (χ1n) is 11.3. The first kappa shape index (κ1) is 24.1. The van der Waals surface area contributed by atoms with Crippen LogP contribution in [0.3, 0.4) is 0 Å². The van der Waals surface area contributed by atoms with E-state index in [2.05, 4.69) is 66.2 Å². The van der Waals surface area contributed by atoms with Gasteiger partial charge in [-0.1, -0.05) is 66.2 Å². The van der Waals surface area contributed by atoms with Crippen LogP contribution >= 0.6 is 12.2 Å². The van der Waals surface area contributed by atoms with Crippen molar-refractivity contribution in [3.63, 3.8) is 0 Å². The van der Waals surface area contributed by atoms with Gasteiger partial charge < -0.3 is 16.0 Å². The molecule has 0 saturated carbocycles. The highest BCUT2D eigenvalue weighted by Gasteiger charge is 2.14. The molecule has 1 amide bonds. The lowest BCUT2D eigenvalue weighted by Gasteiger charge is -2.20. The number of anilines is 2. The summed E-state index contributed by atoms with van der Waals surface area (Å²) < 4.78 is 13.8. The smallest absolute Gasteiger partial charge is 0.258 e. The number of carbonyl (C=O) groups excluding carboxylic acids is 1. The van der Waals surface area contributed by atoms with Crippen molar-refractivity contribution in [1.82, 2.24) is 5.32 Å². The van der Waals surface area contributed by atoms with Gasteiger partial charge in [-0.25, -0.2) is 4.39 Å². The minimum atomic E-state index is -0.558. The molecule has 3 N–H and O–H groups in total. The molecule has 176 valence electrons. The third-order valence-electron chi connectivity index (χ3n) is 5.66. The van der Waals surface area contributed by atoms with Crippen LogP contribution in [-0.2, 0) is 0 Å². The standard InChI is InChI=1S/C29H26FN3OS/c1-19-11-13-21(14-12-19)25-8-4-3-7-24(25)20(2)31-29(35)33-23-17-15-22(16-18-23)32-28(34)26-9-5-6-10-27(26)30/h3-18,20H,1-2H3,(H,32,34)(H2,31,33,35)/t20-/m1/s1. The quantitative estimate of drug-likeness (QED) is 0.256. The van der Waals surface area contributed by atoms with Crippen molar-refractivity contribution in [3.8, 4) is 11.1 Å². The predicted molar refractivity (Wildman–Crippen MR) is 145 cm³/mol. The van der Waals surface area contributed by atoms with Crippen molar-refractivity contribution in [1.29, 1.82) is 0 Å². The number of hydrogen-bond acceptors (Lipinski definition) is 2. The molecule has 0 saturated heterocycles. The van der Waals surface area contributed by atoms with Crippen molar-refractivity contribution in [2.75, 3.05) is 10.6 Å². The van der Waals surface area contributed by atoms with Crippen LogP contribution in [-0.4, -0.2) is 11.0 Å². The molecule has 0 aliphatic rings. The minimum absolute atomic E-state index is 0.0000135. The number of aryl methyl sites for hydroxylation is 1. The minimum Gasteiger partial charge on any atom is -0.356 e. The first-order valence-corrected chi connectivity index (χ1v) is 11.7. The average molecular weight is 484 g/mol. The van der Waals surface area contributed by atoms with Crippen molar-refractivity contribution in [2.45, 2.75) is 19.9 Å². The molecular formula is C29H26FN3OS. The van der Waals surface area contributed by atoms with E-state index in [-0.39, 0.29) is 11.6 Å². The van der Waals surface area contributed by atoms with E-state index in [0.717, 1.165) is 22.4 Å². The number of thiocarbonyl (C=S) groups is 1. The molecule has 4 nitrogen and oxygen atoms in total. The van der Waals surface area contributed by atoms with E-state index in [9.17, 15) is 9.18 Å². The van der Waals surface area contributed by atoms with Crippen LogP contribution < -0.4 is 16.0 Å². The summed E-state index contributed by atoms with van der Waals surface area (Å²) in [6.45, 7) is 4.15. The second-order valence-electron chi connectivity index (χ2n) is 8.28. The summed E-state index contributed by atoms with van der Waals surface area (Å²) >= 11 is 5.54. The van der Waals surface area contributed by atoms with Crippen molar-refractivity contribution < 1.29 is 9.18 Å². The lowest BCUT2D eigenvalue weighted by molar-refractivity contribution is 0.102. The van der Waals surface area contributed by atoms with Gasteiger partial charge in [0.2, 0.25) is 0 Å². The Kier molecular flexibility index (Phi) is 7.53. The molecule has 0 spiro atoms. The number of halogens is 1. The Hall–Kier alpha value is -4.03. The molecule has 6 heteroatoms. The molecule has 0 unspecified atom stereocenters. The van der Waals surface area contributed by atoms with Gasteiger partial charge in [0.15, 0.2) is 5.11 Å². The molecule has 0 radical (unpaired) electrons. The summed E-state index contributed by atoms with van der Waals surface area (Å²) in [5.41, 5.74) is 6.01. The Balaban J connectivity index is 1.38. The highest BCUT2D eigenvalue weighted by Crippen LogP contribution is 2.28. The van der Waals surface area contributed by atoms with E-state index in [1.165, 1.54) is 17.7 Å². The van der Waals surface area contributed by atoms with Crippen LogP contribution in [0.4, 0.5) is 15.8 Å². The number of nitrogens with one attached hydrogen (secondary N) is 3. The van der Waals surface area contributed by atoms with Crippen LogP contribution in [0.1, 0.15) is 34.5 Å². The van der Waals surface area contributed by atoms with Crippen molar-refractivity contribution >= 4 is 34.6 Å². The maximum atomic E-state index is 13.8. The van der Waals surface area contributed by atoms with Gasteiger partial charge in [0.05, 0.1) is 11.6 Å². The Bertz CT molecular complexity index is 1340. The van der Waals surface area contributed by atoms with E-state index in [1.807, 2.05) is 12.1 Å². The Morgan fingerprint density at radius 3 is 2.09 bits per heavy atom. The molecule has 0 heterocycles.